The van der Waals surface area contributed by atoms with Gasteiger partial charge in [-0.2, -0.15) is 0 Å². The van der Waals surface area contributed by atoms with Crippen LogP contribution in [0.2, 0.25) is 0 Å². The highest BCUT2D eigenvalue weighted by Gasteiger charge is 2.50. The summed E-state index contributed by atoms with van der Waals surface area (Å²) in [5, 5.41) is 0. The Bertz CT molecular complexity index is 822. The van der Waals surface area contributed by atoms with E-state index in [0.717, 1.165) is 11.3 Å². The van der Waals surface area contributed by atoms with Gasteiger partial charge in [0.25, 0.3) is 5.91 Å². The average Bonchev–Trinajstić information content (AvgIpc) is 2.66. The number of anilines is 1. The number of hydrogen-bond acceptors (Lipinski definition) is 3. The Kier molecular flexibility index (Phi) is 3.71. The van der Waals surface area contributed by atoms with E-state index in [1.54, 1.807) is 17.3 Å². The van der Waals surface area contributed by atoms with Gasteiger partial charge in [-0.25, -0.2) is 0 Å². The van der Waals surface area contributed by atoms with E-state index in [1.807, 2.05) is 72.8 Å². The molecular formula is C20H16N2O2. The molecule has 0 unspecified atom stereocenters. The molecule has 0 saturated carbocycles. The number of rotatable bonds is 4. The summed E-state index contributed by atoms with van der Waals surface area (Å²) in [4.78, 5) is 18.5. The van der Waals surface area contributed by atoms with Gasteiger partial charge in [-0.3, -0.25) is 14.7 Å². The van der Waals surface area contributed by atoms with E-state index < -0.39 is 6.10 Å². The molecule has 2 atom stereocenters. The molecule has 0 spiro atoms. The summed E-state index contributed by atoms with van der Waals surface area (Å²) >= 11 is 0. The van der Waals surface area contributed by atoms with Gasteiger partial charge in [0.15, 0.2) is 0 Å². The van der Waals surface area contributed by atoms with Crippen molar-refractivity contribution in [3.8, 4) is 5.75 Å². The van der Waals surface area contributed by atoms with Gasteiger partial charge in [0.05, 0.1) is 0 Å². The molecule has 0 bridgehead atoms. The van der Waals surface area contributed by atoms with Gasteiger partial charge in [-0.15, -0.1) is 0 Å². The Morgan fingerprint density at radius 3 is 2.12 bits per heavy atom. The zero-order chi connectivity index (χ0) is 16.4. The molecule has 1 aromatic heterocycles. The number of ether oxygens (including phenoxy) is 1. The predicted octanol–water partition coefficient (Wildman–Crippen LogP) is 3.62. The molecule has 2 heterocycles. The van der Waals surface area contributed by atoms with Crippen LogP contribution < -0.4 is 9.64 Å². The maximum absolute atomic E-state index is 12.7. The quantitative estimate of drug-likeness (QED) is 0.690. The van der Waals surface area contributed by atoms with E-state index in [0.29, 0.717) is 5.75 Å². The SMILES string of the molecule is O=C1[C@H](Oc2ccccc2)[C@@H](c2ccccc2)N1c1ccncc1. The van der Waals surface area contributed by atoms with Gasteiger partial charge in [0.1, 0.15) is 11.8 Å². The summed E-state index contributed by atoms with van der Waals surface area (Å²) in [5.74, 6) is 0.657. The number of pyridine rings is 1. The third kappa shape index (κ3) is 2.52. The molecule has 0 radical (unpaired) electrons. The number of carbonyl (C=O) groups is 1. The second-order valence-corrected chi connectivity index (χ2v) is 5.62. The van der Waals surface area contributed by atoms with Crippen molar-refractivity contribution in [3.63, 3.8) is 0 Å². The Hall–Kier alpha value is -3.14. The van der Waals surface area contributed by atoms with Gasteiger partial charge in [0, 0.05) is 18.1 Å². The van der Waals surface area contributed by atoms with Crippen LogP contribution in [0.3, 0.4) is 0 Å². The largest absolute Gasteiger partial charge is 0.478 e. The normalized spacial score (nSPS) is 19.7. The van der Waals surface area contributed by atoms with Crippen molar-refractivity contribution in [1.82, 2.24) is 4.98 Å². The van der Waals surface area contributed by atoms with Gasteiger partial charge in [0.2, 0.25) is 6.10 Å². The molecule has 1 aliphatic heterocycles. The molecule has 0 N–H and O–H groups in total. The number of β-lactam (4-membered cyclic amide) rings is 1. The van der Waals surface area contributed by atoms with Crippen molar-refractivity contribution in [3.05, 3.63) is 90.8 Å². The summed E-state index contributed by atoms with van der Waals surface area (Å²) < 4.78 is 5.97. The molecule has 4 heteroatoms. The molecule has 118 valence electrons. The molecule has 1 fully saturated rings. The van der Waals surface area contributed by atoms with Gasteiger partial charge >= 0.3 is 0 Å². The van der Waals surface area contributed by atoms with Crippen molar-refractivity contribution >= 4 is 11.6 Å². The average molecular weight is 316 g/mol. The van der Waals surface area contributed by atoms with Crippen LogP contribution in [0.25, 0.3) is 0 Å². The number of aromatic nitrogens is 1. The van der Waals surface area contributed by atoms with Crippen LogP contribution in [0.5, 0.6) is 5.75 Å². The van der Waals surface area contributed by atoms with E-state index in [1.165, 1.54) is 0 Å². The Morgan fingerprint density at radius 1 is 0.833 bits per heavy atom. The van der Waals surface area contributed by atoms with Gasteiger partial charge < -0.3 is 4.74 Å². The Morgan fingerprint density at radius 2 is 1.46 bits per heavy atom. The molecule has 4 rings (SSSR count). The van der Waals surface area contributed by atoms with Gasteiger partial charge in [-0.05, 0) is 29.8 Å². The molecule has 3 aromatic rings. The first kappa shape index (κ1) is 14.5. The highest BCUT2D eigenvalue weighted by Crippen LogP contribution is 2.40. The summed E-state index contributed by atoms with van der Waals surface area (Å²) in [7, 11) is 0. The lowest BCUT2D eigenvalue weighted by molar-refractivity contribution is -0.135. The first-order valence-corrected chi connectivity index (χ1v) is 7.84. The van der Waals surface area contributed by atoms with E-state index in [9.17, 15) is 4.79 Å². The van der Waals surface area contributed by atoms with Crippen LogP contribution in [0.1, 0.15) is 11.6 Å². The fourth-order valence-electron chi connectivity index (χ4n) is 2.99. The van der Waals surface area contributed by atoms with Crippen LogP contribution in [-0.4, -0.2) is 17.0 Å². The first-order chi connectivity index (χ1) is 11.8. The molecule has 24 heavy (non-hydrogen) atoms. The lowest BCUT2D eigenvalue weighted by atomic mass is 9.90. The van der Waals surface area contributed by atoms with E-state index in [-0.39, 0.29) is 11.9 Å². The second-order valence-electron chi connectivity index (χ2n) is 5.62. The number of hydrogen-bond donors (Lipinski definition) is 0. The molecule has 0 aliphatic carbocycles. The van der Waals surface area contributed by atoms with Crippen LogP contribution in [0.4, 0.5) is 5.69 Å². The monoisotopic (exact) mass is 316 g/mol. The Labute approximate surface area is 140 Å². The minimum Gasteiger partial charge on any atom is -0.478 e. The lowest BCUT2D eigenvalue weighted by Crippen LogP contribution is -2.61. The van der Waals surface area contributed by atoms with Crippen LogP contribution >= 0.6 is 0 Å². The first-order valence-electron chi connectivity index (χ1n) is 7.84. The maximum Gasteiger partial charge on any atom is 0.271 e. The van der Waals surface area contributed by atoms with Crippen LogP contribution in [0.15, 0.2) is 85.2 Å². The third-order valence-electron chi connectivity index (χ3n) is 4.13. The summed E-state index contributed by atoms with van der Waals surface area (Å²) in [6.45, 7) is 0. The van der Waals surface area contributed by atoms with E-state index in [2.05, 4.69) is 4.98 Å². The second kappa shape index (κ2) is 6.16. The maximum atomic E-state index is 12.7. The fourth-order valence-corrected chi connectivity index (χ4v) is 2.99. The molecule has 1 saturated heterocycles. The molecule has 2 aromatic carbocycles. The summed E-state index contributed by atoms with van der Waals surface area (Å²) in [6, 6.07) is 22.9. The molecule has 4 nitrogen and oxygen atoms in total. The zero-order valence-electron chi connectivity index (χ0n) is 12.9. The van der Waals surface area contributed by atoms with Crippen LogP contribution in [-0.2, 0) is 4.79 Å². The molecule has 1 amide bonds. The standard InChI is InChI=1S/C20H16N2O2/c23-20-19(24-17-9-5-2-6-10-17)18(15-7-3-1-4-8-15)22(20)16-11-13-21-14-12-16/h1-14,18-19H/t18-,19-/m1/s1. The van der Waals surface area contributed by atoms with Gasteiger partial charge in [-0.1, -0.05) is 48.5 Å². The minimum absolute atomic E-state index is 0.0427. The van der Waals surface area contributed by atoms with Crippen molar-refractivity contribution in [1.29, 1.82) is 0 Å². The number of nitrogens with zero attached hydrogens (tertiary/aromatic N) is 2. The topological polar surface area (TPSA) is 42.4 Å². The number of benzene rings is 2. The minimum atomic E-state index is -0.525. The fraction of sp³-hybridized carbons (Fsp3) is 0.100. The lowest BCUT2D eigenvalue weighted by Gasteiger charge is -2.46. The van der Waals surface area contributed by atoms with Crippen LogP contribution in [0, 0.1) is 0 Å². The van der Waals surface area contributed by atoms with Crippen molar-refractivity contribution in [2.45, 2.75) is 12.1 Å². The highest BCUT2D eigenvalue weighted by molar-refractivity contribution is 6.05. The smallest absolute Gasteiger partial charge is 0.271 e. The third-order valence-corrected chi connectivity index (χ3v) is 4.13. The number of para-hydroxylation sites is 1. The van der Waals surface area contributed by atoms with E-state index >= 15 is 0 Å². The molecule has 1 aliphatic rings. The van der Waals surface area contributed by atoms with E-state index in [4.69, 9.17) is 4.74 Å². The summed E-state index contributed by atoms with van der Waals surface area (Å²) in [6.07, 6.45) is 2.86. The molecular weight excluding hydrogens is 300 g/mol. The zero-order valence-corrected chi connectivity index (χ0v) is 12.9. The number of amides is 1. The highest BCUT2D eigenvalue weighted by atomic mass is 16.5. The Balaban J connectivity index is 1.68. The van der Waals surface area contributed by atoms with Crippen molar-refractivity contribution in [2.24, 2.45) is 0 Å². The van der Waals surface area contributed by atoms with Crippen molar-refractivity contribution in [2.75, 3.05) is 4.90 Å². The number of carbonyl (C=O) groups excluding carboxylic acids is 1. The van der Waals surface area contributed by atoms with Crippen molar-refractivity contribution < 1.29 is 9.53 Å². The summed E-state index contributed by atoms with van der Waals surface area (Å²) in [5.41, 5.74) is 1.88. The predicted molar refractivity (Wildman–Crippen MR) is 91.8 cm³/mol.